The van der Waals surface area contributed by atoms with Crippen molar-refractivity contribution in [2.45, 2.75) is 43.9 Å². The van der Waals surface area contributed by atoms with Crippen molar-refractivity contribution in [1.82, 2.24) is 19.7 Å². The molecule has 0 fully saturated rings. The lowest BCUT2D eigenvalue weighted by Crippen LogP contribution is -2.28. The monoisotopic (exact) mass is 382 g/mol. The second-order valence-electron chi connectivity index (χ2n) is 6.10. The molecule has 0 saturated carbocycles. The Morgan fingerprint density at radius 1 is 1.36 bits per heavy atom. The van der Waals surface area contributed by atoms with E-state index in [1.807, 2.05) is 0 Å². The third-order valence-corrected chi connectivity index (χ3v) is 5.59. The standard InChI is InChI=1S/C17H20ClFN4OS/c1-22(10-12-13(18)6-5-7-14(12)19)16(24)11-25-17-21-20-15-8-3-2-4-9-23(15)17/h5-7H,2-4,8-11H2,1H3. The van der Waals surface area contributed by atoms with E-state index in [0.29, 0.717) is 10.6 Å². The van der Waals surface area contributed by atoms with Gasteiger partial charge in [0.2, 0.25) is 5.91 Å². The highest BCUT2D eigenvalue weighted by molar-refractivity contribution is 7.99. The van der Waals surface area contributed by atoms with Crippen molar-refractivity contribution < 1.29 is 9.18 Å². The first-order valence-electron chi connectivity index (χ1n) is 8.28. The molecule has 0 spiro atoms. The number of carbonyl (C=O) groups is 1. The predicted octanol–water partition coefficient (Wildman–Crippen LogP) is 3.55. The molecule has 1 amide bonds. The molecule has 0 aliphatic carbocycles. The Balaban J connectivity index is 1.60. The zero-order valence-corrected chi connectivity index (χ0v) is 15.6. The Hall–Kier alpha value is -1.60. The van der Waals surface area contributed by atoms with Crippen molar-refractivity contribution in [3.05, 3.63) is 40.4 Å². The minimum absolute atomic E-state index is 0.102. The van der Waals surface area contributed by atoms with E-state index < -0.39 is 5.82 Å². The van der Waals surface area contributed by atoms with E-state index in [2.05, 4.69) is 14.8 Å². The maximum Gasteiger partial charge on any atom is 0.233 e. The van der Waals surface area contributed by atoms with Crippen molar-refractivity contribution >= 4 is 29.3 Å². The smallest absolute Gasteiger partial charge is 0.233 e. The molecule has 2 heterocycles. The lowest BCUT2D eigenvalue weighted by Gasteiger charge is -2.18. The molecular formula is C17H20ClFN4OS. The number of rotatable bonds is 5. The highest BCUT2D eigenvalue weighted by Gasteiger charge is 2.18. The van der Waals surface area contributed by atoms with E-state index in [-0.39, 0.29) is 18.2 Å². The zero-order chi connectivity index (χ0) is 17.8. The van der Waals surface area contributed by atoms with Crippen LogP contribution in [0.5, 0.6) is 0 Å². The first kappa shape index (κ1) is 18.2. The molecule has 1 aromatic carbocycles. The lowest BCUT2D eigenvalue weighted by molar-refractivity contribution is -0.127. The van der Waals surface area contributed by atoms with Crippen molar-refractivity contribution in [3.63, 3.8) is 0 Å². The minimum atomic E-state index is -0.400. The highest BCUT2D eigenvalue weighted by Crippen LogP contribution is 2.23. The fraction of sp³-hybridized carbons (Fsp3) is 0.471. The lowest BCUT2D eigenvalue weighted by atomic mass is 10.2. The molecule has 1 aliphatic heterocycles. The molecule has 0 saturated heterocycles. The van der Waals surface area contributed by atoms with Crippen molar-refractivity contribution in [2.75, 3.05) is 12.8 Å². The van der Waals surface area contributed by atoms with E-state index in [0.717, 1.165) is 36.8 Å². The maximum absolute atomic E-state index is 13.9. The Kier molecular flexibility index (Phi) is 5.96. The second kappa shape index (κ2) is 8.19. The average molecular weight is 383 g/mol. The summed E-state index contributed by atoms with van der Waals surface area (Å²) in [6, 6.07) is 4.52. The number of benzene rings is 1. The Labute approximate surface area is 155 Å². The van der Waals surface area contributed by atoms with Gasteiger partial charge in [-0.25, -0.2) is 4.39 Å². The quantitative estimate of drug-likeness (QED) is 0.742. The maximum atomic E-state index is 13.9. The number of aryl methyl sites for hydroxylation is 1. The summed E-state index contributed by atoms with van der Waals surface area (Å²) in [5, 5.41) is 9.55. The van der Waals surface area contributed by atoms with Crippen molar-refractivity contribution in [2.24, 2.45) is 0 Å². The number of nitrogens with zero attached hydrogens (tertiary/aromatic N) is 4. The number of fused-ring (bicyclic) bond motifs is 1. The first-order valence-corrected chi connectivity index (χ1v) is 9.64. The molecule has 134 valence electrons. The van der Waals surface area contributed by atoms with Gasteiger partial charge in [-0.3, -0.25) is 4.79 Å². The normalized spacial score (nSPS) is 14.0. The third kappa shape index (κ3) is 4.33. The van der Waals surface area contributed by atoms with Gasteiger partial charge in [0, 0.05) is 37.1 Å². The Bertz CT molecular complexity index is 747. The van der Waals surface area contributed by atoms with Crippen LogP contribution in [0, 0.1) is 5.82 Å². The van der Waals surface area contributed by atoms with Crippen LogP contribution >= 0.6 is 23.4 Å². The fourth-order valence-electron chi connectivity index (χ4n) is 2.81. The highest BCUT2D eigenvalue weighted by atomic mass is 35.5. The van der Waals surface area contributed by atoms with E-state index in [1.54, 1.807) is 19.2 Å². The van der Waals surface area contributed by atoms with Crippen LogP contribution in [-0.2, 0) is 24.3 Å². The summed E-state index contributed by atoms with van der Waals surface area (Å²) >= 11 is 7.40. The molecule has 1 aliphatic rings. The number of halogens is 2. The molecule has 0 radical (unpaired) electrons. The summed E-state index contributed by atoms with van der Waals surface area (Å²) in [7, 11) is 1.65. The van der Waals surface area contributed by atoms with Crippen LogP contribution in [0.1, 0.15) is 30.7 Å². The molecule has 0 bridgehead atoms. The number of hydrogen-bond acceptors (Lipinski definition) is 4. The van der Waals surface area contributed by atoms with Crippen LogP contribution in [0.4, 0.5) is 4.39 Å². The Morgan fingerprint density at radius 3 is 3.00 bits per heavy atom. The summed E-state index contributed by atoms with van der Waals surface area (Å²) in [5.74, 6) is 0.734. The number of carbonyl (C=O) groups excluding carboxylic acids is 1. The van der Waals surface area contributed by atoms with Gasteiger partial charge in [0.25, 0.3) is 0 Å². The third-order valence-electron chi connectivity index (χ3n) is 4.28. The van der Waals surface area contributed by atoms with Crippen molar-refractivity contribution in [1.29, 1.82) is 0 Å². The molecule has 25 heavy (non-hydrogen) atoms. The largest absolute Gasteiger partial charge is 0.341 e. The second-order valence-corrected chi connectivity index (χ2v) is 7.45. The zero-order valence-electron chi connectivity index (χ0n) is 14.0. The molecule has 1 aromatic heterocycles. The molecule has 0 atom stereocenters. The van der Waals surface area contributed by atoms with Gasteiger partial charge in [-0.15, -0.1) is 10.2 Å². The van der Waals surface area contributed by atoms with Gasteiger partial charge in [-0.2, -0.15) is 0 Å². The SMILES string of the molecule is CN(Cc1c(F)cccc1Cl)C(=O)CSc1nnc2n1CCCCC2. The molecule has 3 rings (SSSR count). The van der Waals surface area contributed by atoms with Gasteiger partial charge in [0.05, 0.1) is 5.75 Å². The average Bonchev–Trinajstić information content (AvgIpc) is 2.82. The van der Waals surface area contributed by atoms with Gasteiger partial charge in [-0.1, -0.05) is 35.9 Å². The van der Waals surface area contributed by atoms with Gasteiger partial charge in [0.15, 0.2) is 5.16 Å². The first-order chi connectivity index (χ1) is 12.1. The van der Waals surface area contributed by atoms with Crippen LogP contribution in [0.3, 0.4) is 0 Å². The fourth-order valence-corrected chi connectivity index (χ4v) is 3.96. The molecule has 5 nitrogen and oxygen atoms in total. The molecular weight excluding hydrogens is 363 g/mol. The van der Waals surface area contributed by atoms with Gasteiger partial charge in [0.1, 0.15) is 11.6 Å². The van der Waals surface area contributed by atoms with Crippen LogP contribution in [0.2, 0.25) is 5.02 Å². The summed E-state index contributed by atoms with van der Waals surface area (Å²) in [4.78, 5) is 13.9. The minimum Gasteiger partial charge on any atom is -0.341 e. The Morgan fingerprint density at radius 2 is 2.20 bits per heavy atom. The molecule has 8 heteroatoms. The molecule has 0 N–H and O–H groups in total. The predicted molar refractivity (Wildman–Crippen MR) is 96.2 cm³/mol. The van der Waals surface area contributed by atoms with E-state index in [4.69, 9.17) is 11.6 Å². The summed E-state index contributed by atoms with van der Waals surface area (Å²) in [6.45, 7) is 1.04. The van der Waals surface area contributed by atoms with Crippen LogP contribution in [-0.4, -0.2) is 38.4 Å². The molecule has 0 unspecified atom stereocenters. The summed E-state index contributed by atoms with van der Waals surface area (Å²) < 4.78 is 16.0. The number of hydrogen-bond donors (Lipinski definition) is 0. The van der Waals surface area contributed by atoms with Crippen LogP contribution in [0.15, 0.2) is 23.4 Å². The van der Waals surface area contributed by atoms with E-state index in [1.165, 1.54) is 29.1 Å². The van der Waals surface area contributed by atoms with E-state index >= 15 is 0 Å². The van der Waals surface area contributed by atoms with Gasteiger partial charge < -0.3 is 9.47 Å². The summed E-state index contributed by atoms with van der Waals surface area (Å²) in [5.41, 5.74) is 0.335. The van der Waals surface area contributed by atoms with Crippen molar-refractivity contribution in [3.8, 4) is 0 Å². The van der Waals surface area contributed by atoms with Crippen LogP contribution < -0.4 is 0 Å². The topological polar surface area (TPSA) is 51.0 Å². The van der Waals surface area contributed by atoms with Crippen LogP contribution in [0.25, 0.3) is 0 Å². The number of amides is 1. The number of thioether (sulfide) groups is 1. The van der Waals surface area contributed by atoms with Gasteiger partial charge in [-0.05, 0) is 25.0 Å². The number of aromatic nitrogens is 3. The summed E-state index contributed by atoms with van der Waals surface area (Å²) in [6.07, 6.45) is 4.37. The van der Waals surface area contributed by atoms with Gasteiger partial charge >= 0.3 is 0 Å². The molecule has 2 aromatic rings. The van der Waals surface area contributed by atoms with E-state index in [9.17, 15) is 9.18 Å².